The van der Waals surface area contributed by atoms with Crippen molar-refractivity contribution in [2.24, 2.45) is 0 Å². The molecular weight excluding hydrogens is 402 g/mol. The molecule has 32 heavy (non-hydrogen) atoms. The van der Waals surface area contributed by atoms with Gasteiger partial charge in [0.15, 0.2) is 0 Å². The number of carbonyl (C=O) groups excluding carboxylic acids is 1. The highest BCUT2D eigenvalue weighted by atomic mass is 16.2. The molecule has 8 nitrogen and oxygen atoms in total. The molecule has 0 saturated carbocycles. The summed E-state index contributed by atoms with van der Waals surface area (Å²) in [5.41, 5.74) is 4.86. The molecule has 1 amide bonds. The van der Waals surface area contributed by atoms with Gasteiger partial charge in [-0.05, 0) is 63.6 Å². The van der Waals surface area contributed by atoms with E-state index in [4.69, 9.17) is 4.98 Å². The fourth-order valence-electron chi connectivity index (χ4n) is 4.67. The minimum absolute atomic E-state index is 0.0155. The summed E-state index contributed by atoms with van der Waals surface area (Å²) in [6.45, 7) is 6.30. The van der Waals surface area contributed by atoms with E-state index in [1.54, 1.807) is 12.4 Å². The number of aromatic nitrogens is 5. The number of carbonyl (C=O) groups is 1. The van der Waals surface area contributed by atoms with Gasteiger partial charge in [0.25, 0.3) is 5.91 Å². The van der Waals surface area contributed by atoms with Crippen molar-refractivity contribution in [3.63, 3.8) is 0 Å². The molecule has 1 saturated heterocycles. The van der Waals surface area contributed by atoms with Crippen LogP contribution >= 0.6 is 0 Å². The average molecular weight is 432 g/mol. The summed E-state index contributed by atoms with van der Waals surface area (Å²) in [6.07, 6.45) is 10.7. The topological polar surface area (TPSA) is 80.0 Å². The van der Waals surface area contributed by atoms with Gasteiger partial charge < -0.3 is 9.80 Å². The molecule has 1 aliphatic heterocycles. The molecule has 1 aromatic carbocycles. The van der Waals surface area contributed by atoms with E-state index in [0.717, 1.165) is 43.9 Å². The van der Waals surface area contributed by atoms with Crippen molar-refractivity contribution in [2.75, 3.05) is 24.5 Å². The molecule has 0 spiro atoms. The number of rotatable bonds is 3. The minimum Gasteiger partial charge on any atom is -0.339 e. The Hall–Kier alpha value is -3.29. The van der Waals surface area contributed by atoms with Crippen LogP contribution in [-0.4, -0.2) is 61.4 Å². The maximum atomic E-state index is 13.7. The maximum Gasteiger partial charge on any atom is 0.256 e. The number of amides is 1. The van der Waals surface area contributed by atoms with Gasteiger partial charge in [0, 0.05) is 37.6 Å². The van der Waals surface area contributed by atoms with Gasteiger partial charge in [0.1, 0.15) is 0 Å². The monoisotopic (exact) mass is 431 g/mol. The van der Waals surface area contributed by atoms with E-state index in [9.17, 15) is 4.79 Å². The summed E-state index contributed by atoms with van der Waals surface area (Å²) in [5.74, 6) is 0.811. The van der Waals surface area contributed by atoms with E-state index >= 15 is 0 Å². The number of nitrogens with zero attached hydrogens (tertiary/aromatic N) is 7. The minimum atomic E-state index is 0.0155. The molecule has 1 atom stereocenters. The first kappa shape index (κ1) is 20.6. The molecule has 2 aromatic heterocycles. The molecule has 1 fully saturated rings. The molecule has 5 rings (SSSR count). The van der Waals surface area contributed by atoms with Crippen LogP contribution in [0.4, 0.5) is 5.95 Å². The predicted octanol–water partition coefficient (Wildman–Crippen LogP) is 2.99. The molecule has 1 aliphatic carbocycles. The van der Waals surface area contributed by atoms with Gasteiger partial charge >= 0.3 is 0 Å². The lowest BCUT2D eigenvalue weighted by Gasteiger charge is -2.27. The van der Waals surface area contributed by atoms with Crippen molar-refractivity contribution in [3.05, 3.63) is 59.2 Å². The van der Waals surface area contributed by atoms with Crippen LogP contribution in [0.25, 0.3) is 5.69 Å². The average Bonchev–Trinajstić information content (AvgIpc) is 3.28. The summed E-state index contributed by atoms with van der Waals surface area (Å²) in [5, 5.41) is 8.48. The highest BCUT2D eigenvalue weighted by molar-refractivity contribution is 5.98. The number of benzene rings is 1. The molecular formula is C24H29N7O. The van der Waals surface area contributed by atoms with E-state index in [0.29, 0.717) is 17.8 Å². The lowest BCUT2D eigenvalue weighted by atomic mass is 9.98. The standard InChI is InChI=1S/C24H29N7O/c1-17-7-8-22(31-26-10-11-27-31)20(15-17)23(32)30-14-13-29(12-9-18(30)2)24-25-16-19-5-3-4-6-21(19)28-24/h7-8,10-11,15-16,18H,3-6,9,12-14H2,1-2H3/t18-/m0/s1. The van der Waals surface area contributed by atoms with Crippen LogP contribution in [0.5, 0.6) is 0 Å². The first-order chi connectivity index (χ1) is 15.6. The van der Waals surface area contributed by atoms with Gasteiger partial charge in [-0.3, -0.25) is 4.79 Å². The van der Waals surface area contributed by atoms with Crippen LogP contribution in [0.2, 0.25) is 0 Å². The Morgan fingerprint density at radius 1 is 1.06 bits per heavy atom. The Morgan fingerprint density at radius 2 is 1.88 bits per heavy atom. The van der Waals surface area contributed by atoms with Crippen molar-refractivity contribution in [1.82, 2.24) is 29.9 Å². The zero-order chi connectivity index (χ0) is 22.1. The lowest BCUT2D eigenvalue weighted by Crippen LogP contribution is -2.40. The van der Waals surface area contributed by atoms with Crippen LogP contribution in [0.3, 0.4) is 0 Å². The smallest absolute Gasteiger partial charge is 0.256 e. The van der Waals surface area contributed by atoms with Gasteiger partial charge in [-0.15, -0.1) is 0 Å². The molecule has 0 radical (unpaired) electrons. The fraction of sp³-hybridized carbons (Fsp3) is 0.458. The molecule has 2 aliphatic rings. The third kappa shape index (κ3) is 3.97. The highest BCUT2D eigenvalue weighted by Crippen LogP contribution is 2.24. The van der Waals surface area contributed by atoms with Crippen LogP contribution < -0.4 is 4.90 Å². The van der Waals surface area contributed by atoms with E-state index in [-0.39, 0.29) is 11.9 Å². The van der Waals surface area contributed by atoms with E-state index < -0.39 is 0 Å². The Bertz CT molecular complexity index is 1110. The molecule has 3 heterocycles. The number of hydrogen-bond donors (Lipinski definition) is 0. The Kier molecular flexibility index (Phi) is 5.59. The van der Waals surface area contributed by atoms with E-state index in [1.165, 1.54) is 28.9 Å². The van der Waals surface area contributed by atoms with Crippen molar-refractivity contribution < 1.29 is 4.79 Å². The molecule has 0 N–H and O–H groups in total. The quantitative estimate of drug-likeness (QED) is 0.634. The largest absolute Gasteiger partial charge is 0.339 e. The summed E-state index contributed by atoms with van der Waals surface area (Å²) in [6, 6.07) is 5.95. The zero-order valence-corrected chi connectivity index (χ0v) is 18.7. The van der Waals surface area contributed by atoms with Crippen molar-refractivity contribution in [2.45, 2.75) is 52.0 Å². The van der Waals surface area contributed by atoms with Gasteiger partial charge in [0.2, 0.25) is 5.95 Å². The number of fused-ring (bicyclic) bond motifs is 1. The summed E-state index contributed by atoms with van der Waals surface area (Å²) >= 11 is 0. The lowest BCUT2D eigenvalue weighted by molar-refractivity contribution is 0.0704. The first-order valence-electron chi connectivity index (χ1n) is 11.5. The number of anilines is 1. The second-order valence-electron chi connectivity index (χ2n) is 8.81. The Labute approximate surface area is 188 Å². The molecule has 0 bridgehead atoms. The second kappa shape index (κ2) is 8.68. The third-order valence-corrected chi connectivity index (χ3v) is 6.57. The summed E-state index contributed by atoms with van der Waals surface area (Å²) < 4.78 is 0. The van der Waals surface area contributed by atoms with Crippen molar-refractivity contribution in [3.8, 4) is 5.69 Å². The van der Waals surface area contributed by atoms with Crippen LogP contribution in [0.15, 0.2) is 36.8 Å². The third-order valence-electron chi connectivity index (χ3n) is 6.57. The van der Waals surface area contributed by atoms with Crippen LogP contribution in [0, 0.1) is 6.92 Å². The summed E-state index contributed by atoms with van der Waals surface area (Å²) in [7, 11) is 0. The van der Waals surface area contributed by atoms with E-state index in [1.807, 2.05) is 36.2 Å². The maximum absolute atomic E-state index is 13.7. The molecule has 166 valence electrons. The zero-order valence-electron chi connectivity index (χ0n) is 18.7. The SMILES string of the molecule is Cc1ccc(-n2nccn2)c(C(=O)N2CCN(c3ncc4c(n3)CCCC4)CC[C@@H]2C)c1. The predicted molar refractivity (Wildman–Crippen MR) is 122 cm³/mol. The molecule has 0 unspecified atom stereocenters. The first-order valence-corrected chi connectivity index (χ1v) is 11.5. The molecule has 3 aromatic rings. The van der Waals surface area contributed by atoms with Gasteiger partial charge in [-0.2, -0.15) is 15.0 Å². The highest BCUT2D eigenvalue weighted by Gasteiger charge is 2.29. The van der Waals surface area contributed by atoms with Gasteiger partial charge in [-0.25, -0.2) is 9.97 Å². The number of aryl methyl sites for hydroxylation is 3. The van der Waals surface area contributed by atoms with Crippen LogP contribution in [-0.2, 0) is 12.8 Å². The fourth-order valence-corrected chi connectivity index (χ4v) is 4.67. The summed E-state index contributed by atoms with van der Waals surface area (Å²) in [4.78, 5) is 28.9. The van der Waals surface area contributed by atoms with Crippen molar-refractivity contribution >= 4 is 11.9 Å². The van der Waals surface area contributed by atoms with Gasteiger partial charge in [-0.1, -0.05) is 11.6 Å². The van der Waals surface area contributed by atoms with Crippen LogP contribution in [0.1, 0.15) is 53.4 Å². The second-order valence-corrected chi connectivity index (χ2v) is 8.81. The van der Waals surface area contributed by atoms with Crippen molar-refractivity contribution in [1.29, 1.82) is 0 Å². The Balaban J connectivity index is 1.38. The Morgan fingerprint density at radius 3 is 2.72 bits per heavy atom. The normalized spacial score (nSPS) is 18.9. The van der Waals surface area contributed by atoms with E-state index in [2.05, 4.69) is 27.0 Å². The molecule has 8 heteroatoms. The van der Waals surface area contributed by atoms with Gasteiger partial charge in [0.05, 0.1) is 23.6 Å². The number of hydrogen-bond acceptors (Lipinski definition) is 6.